The smallest absolute Gasteiger partial charge is 0.318 e. The monoisotopic (exact) mass is 504 g/mol. The van der Waals surface area contributed by atoms with Gasteiger partial charge in [0.25, 0.3) is 0 Å². The van der Waals surface area contributed by atoms with Gasteiger partial charge in [0.2, 0.25) is 0 Å². The van der Waals surface area contributed by atoms with Crippen molar-refractivity contribution in [3.63, 3.8) is 0 Å². The van der Waals surface area contributed by atoms with Gasteiger partial charge in [-0.05, 0) is 62.4 Å². The van der Waals surface area contributed by atoms with Crippen LogP contribution in [0.5, 0.6) is 0 Å². The lowest BCUT2D eigenvalue weighted by atomic mass is 10.1. The Hall–Kier alpha value is -4.58. The second kappa shape index (κ2) is 11.2. The Labute approximate surface area is 224 Å². The van der Waals surface area contributed by atoms with Crippen LogP contribution in [0.1, 0.15) is 13.8 Å². The number of nitrogens with zero attached hydrogens (tertiary/aromatic N) is 4. The van der Waals surface area contributed by atoms with Crippen LogP contribution in [0.15, 0.2) is 121 Å². The molecule has 6 nitrogen and oxygen atoms in total. The molecule has 38 heavy (non-hydrogen) atoms. The Bertz CT molecular complexity index is 1160. The van der Waals surface area contributed by atoms with Crippen molar-refractivity contribution >= 4 is 34.8 Å². The van der Waals surface area contributed by atoms with Gasteiger partial charge in [-0.3, -0.25) is 9.80 Å². The molecule has 1 saturated heterocycles. The number of hydrogen-bond donors (Lipinski definition) is 0. The summed E-state index contributed by atoms with van der Waals surface area (Å²) < 4.78 is 0. The van der Waals surface area contributed by atoms with Crippen molar-refractivity contribution in [3.8, 4) is 0 Å². The zero-order valence-corrected chi connectivity index (χ0v) is 21.7. The molecule has 0 saturated carbocycles. The Kier molecular flexibility index (Phi) is 7.40. The standard InChI is InChI=1S/C32H32N4O2/c1-25-23-34(32(38)36(29-19-11-5-12-20-29)30-21-13-6-14-22-30)26(2)24-33(25)31(37)35(27-15-7-3-8-16-27)28-17-9-4-10-18-28/h3-22,25-26H,23-24H2,1-2H3. The van der Waals surface area contributed by atoms with Gasteiger partial charge in [-0.1, -0.05) is 72.8 Å². The van der Waals surface area contributed by atoms with Crippen molar-refractivity contribution in [2.75, 3.05) is 22.9 Å². The van der Waals surface area contributed by atoms with Gasteiger partial charge in [0.05, 0.1) is 22.7 Å². The van der Waals surface area contributed by atoms with Crippen LogP contribution in [0, 0.1) is 0 Å². The van der Waals surface area contributed by atoms with Crippen LogP contribution in [0.4, 0.5) is 32.3 Å². The molecule has 2 unspecified atom stereocenters. The minimum absolute atomic E-state index is 0.100. The summed E-state index contributed by atoms with van der Waals surface area (Å²) in [6.07, 6.45) is 0. The molecule has 6 heteroatoms. The fraction of sp³-hybridized carbons (Fsp3) is 0.188. The van der Waals surface area contributed by atoms with E-state index in [2.05, 4.69) is 0 Å². The largest absolute Gasteiger partial charge is 0.329 e. The van der Waals surface area contributed by atoms with Gasteiger partial charge >= 0.3 is 12.1 Å². The first-order valence-corrected chi connectivity index (χ1v) is 13.0. The van der Waals surface area contributed by atoms with Crippen LogP contribution < -0.4 is 9.80 Å². The molecule has 0 N–H and O–H groups in total. The van der Waals surface area contributed by atoms with E-state index < -0.39 is 0 Å². The van der Waals surface area contributed by atoms with Crippen LogP contribution in [0.2, 0.25) is 0 Å². The SMILES string of the molecule is CC1CN(C(=O)N(c2ccccc2)c2ccccc2)C(C)CN1C(=O)N(c1ccccc1)c1ccccc1. The van der Waals surface area contributed by atoms with Gasteiger partial charge in [0, 0.05) is 25.2 Å². The molecule has 0 bridgehead atoms. The predicted octanol–water partition coefficient (Wildman–Crippen LogP) is 7.30. The number of benzene rings is 4. The molecule has 0 aromatic heterocycles. The fourth-order valence-electron chi connectivity index (χ4n) is 4.96. The molecule has 5 rings (SSSR count). The van der Waals surface area contributed by atoms with E-state index in [1.807, 2.05) is 145 Å². The molecule has 192 valence electrons. The number of amides is 4. The topological polar surface area (TPSA) is 47.1 Å². The number of hydrogen-bond acceptors (Lipinski definition) is 2. The molecule has 0 spiro atoms. The number of para-hydroxylation sites is 4. The molecule has 1 heterocycles. The van der Waals surface area contributed by atoms with Crippen LogP contribution in [-0.4, -0.2) is 47.0 Å². The highest BCUT2D eigenvalue weighted by molar-refractivity contribution is 6.01. The van der Waals surface area contributed by atoms with Crippen LogP contribution >= 0.6 is 0 Å². The molecule has 0 radical (unpaired) electrons. The quantitative estimate of drug-likeness (QED) is 0.293. The van der Waals surface area contributed by atoms with Crippen molar-refractivity contribution < 1.29 is 9.59 Å². The van der Waals surface area contributed by atoms with E-state index in [4.69, 9.17) is 0 Å². The lowest BCUT2D eigenvalue weighted by Crippen LogP contribution is -2.62. The summed E-state index contributed by atoms with van der Waals surface area (Å²) in [5, 5.41) is 0. The van der Waals surface area contributed by atoms with E-state index in [0.717, 1.165) is 22.7 Å². The molecular formula is C32H32N4O2. The summed E-state index contributed by atoms with van der Waals surface area (Å²) in [6.45, 7) is 4.87. The van der Waals surface area contributed by atoms with Crippen molar-refractivity contribution in [3.05, 3.63) is 121 Å². The van der Waals surface area contributed by atoms with E-state index >= 15 is 0 Å². The molecule has 2 atom stereocenters. The van der Waals surface area contributed by atoms with Crippen LogP contribution in [0.3, 0.4) is 0 Å². The Morgan fingerprint density at radius 1 is 0.500 bits per heavy atom. The second-order valence-corrected chi connectivity index (χ2v) is 9.58. The normalized spacial score (nSPS) is 17.1. The fourth-order valence-corrected chi connectivity index (χ4v) is 4.96. The van der Waals surface area contributed by atoms with Crippen molar-refractivity contribution in [1.29, 1.82) is 0 Å². The third-order valence-electron chi connectivity index (χ3n) is 6.92. The maximum absolute atomic E-state index is 14.0. The number of rotatable bonds is 4. The molecular weight excluding hydrogens is 472 g/mol. The molecule has 4 aromatic rings. The lowest BCUT2D eigenvalue weighted by Gasteiger charge is -2.46. The van der Waals surface area contributed by atoms with Crippen molar-refractivity contribution in [2.24, 2.45) is 0 Å². The highest BCUT2D eigenvalue weighted by atomic mass is 16.2. The van der Waals surface area contributed by atoms with Gasteiger partial charge in [-0.25, -0.2) is 9.59 Å². The summed E-state index contributed by atoms with van der Waals surface area (Å²) in [4.78, 5) is 35.4. The molecule has 4 aromatic carbocycles. The lowest BCUT2D eigenvalue weighted by molar-refractivity contribution is 0.0882. The first kappa shape index (κ1) is 25.1. The maximum Gasteiger partial charge on any atom is 0.329 e. The van der Waals surface area contributed by atoms with E-state index in [-0.39, 0.29) is 24.1 Å². The van der Waals surface area contributed by atoms with Gasteiger partial charge < -0.3 is 9.80 Å². The number of piperazine rings is 1. The predicted molar refractivity (Wildman–Crippen MR) is 153 cm³/mol. The summed E-state index contributed by atoms with van der Waals surface area (Å²) in [5.74, 6) is 0. The molecule has 1 aliphatic rings. The number of carbonyl (C=O) groups is 2. The highest BCUT2D eigenvalue weighted by Crippen LogP contribution is 2.31. The Balaban J connectivity index is 1.41. The summed E-state index contributed by atoms with van der Waals surface area (Å²) >= 11 is 0. The molecule has 4 amide bonds. The van der Waals surface area contributed by atoms with E-state index in [1.54, 1.807) is 9.80 Å². The first-order valence-electron chi connectivity index (χ1n) is 13.0. The van der Waals surface area contributed by atoms with Crippen LogP contribution in [-0.2, 0) is 0 Å². The maximum atomic E-state index is 14.0. The molecule has 0 aliphatic carbocycles. The minimum atomic E-state index is -0.175. The summed E-state index contributed by atoms with van der Waals surface area (Å²) in [6, 6.07) is 38.2. The third kappa shape index (κ3) is 5.11. The highest BCUT2D eigenvalue weighted by Gasteiger charge is 2.39. The van der Waals surface area contributed by atoms with E-state index in [9.17, 15) is 9.59 Å². The second-order valence-electron chi connectivity index (χ2n) is 9.58. The van der Waals surface area contributed by atoms with Gasteiger partial charge in [-0.15, -0.1) is 0 Å². The van der Waals surface area contributed by atoms with Gasteiger partial charge in [0.1, 0.15) is 0 Å². The van der Waals surface area contributed by atoms with E-state index in [1.165, 1.54) is 0 Å². The zero-order valence-electron chi connectivity index (χ0n) is 21.7. The number of anilines is 4. The van der Waals surface area contributed by atoms with Crippen LogP contribution in [0.25, 0.3) is 0 Å². The molecule has 1 aliphatic heterocycles. The summed E-state index contributed by atoms with van der Waals surface area (Å²) in [5.41, 5.74) is 3.23. The average Bonchev–Trinajstić information content (AvgIpc) is 2.96. The Morgan fingerprint density at radius 3 is 0.974 bits per heavy atom. The minimum Gasteiger partial charge on any atom is -0.318 e. The Morgan fingerprint density at radius 2 is 0.737 bits per heavy atom. The van der Waals surface area contributed by atoms with Crippen molar-refractivity contribution in [1.82, 2.24) is 9.80 Å². The number of carbonyl (C=O) groups excluding carboxylic acids is 2. The first-order chi connectivity index (χ1) is 18.5. The average molecular weight is 505 g/mol. The van der Waals surface area contributed by atoms with Gasteiger partial charge in [0.15, 0.2) is 0 Å². The van der Waals surface area contributed by atoms with E-state index in [0.29, 0.717) is 13.1 Å². The third-order valence-corrected chi connectivity index (χ3v) is 6.92. The zero-order chi connectivity index (χ0) is 26.5. The summed E-state index contributed by atoms with van der Waals surface area (Å²) in [7, 11) is 0. The van der Waals surface area contributed by atoms with Gasteiger partial charge in [-0.2, -0.15) is 0 Å². The molecule has 1 fully saturated rings. The number of urea groups is 2. The van der Waals surface area contributed by atoms with Crippen molar-refractivity contribution in [2.45, 2.75) is 25.9 Å².